The van der Waals surface area contributed by atoms with Gasteiger partial charge in [0.15, 0.2) is 5.79 Å². The number of benzene rings is 1. The van der Waals surface area contributed by atoms with Gasteiger partial charge in [0.1, 0.15) is 0 Å². The smallest absolute Gasteiger partial charge is 0.388 e. The summed E-state index contributed by atoms with van der Waals surface area (Å²) in [7, 11) is 0. The van der Waals surface area contributed by atoms with E-state index in [1.165, 1.54) is 12.1 Å². The second kappa shape index (κ2) is 10.2. The number of amides is 1. The van der Waals surface area contributed by atoms with Crippen molar-refractivity contribution in [1.82, 2.24) is 15.2 Å². The zero-order chi connectivity index (χ0) is 27.1. The average molecular weight is 534 g/mol. The van der Waals surface area contributed by atoms with Crippen LogP contribution in [0.1, 0.15) is 78.3 Å². The van der Waals surface area contributed by atoms with Crippen molar-refractivity contribution in [1.29, 1.82) is 0 Å². The summed E-state index contributed by atoms with van der Waals surface area (Å²) in [5, 5.41) is 13.9. The summed E-state index contributed by atoms with van der Waals surface area (Å²) < 4.78 is 50.3. The zero-order valence-corrected chi connectivity index (χ0v) is 21.7. The van der Waals surface area contributed by atoms with Crippen LogP contribution in [0.5, 0.6) is 0 Å². The highest BCUT2D eigenvalue weighted by Gasteiger charge is 2.45. The van der Waals surface area contributed by atoms with E-state index >= 15 is 0 Å². The SMILES string of the molecule is CC(C)[C@H]1c2ncc(C(=O)NCC3(O)CCC4(CC3)OCCO4)cc2CN1Cc1ccc(C(F)(F)F)cc1. The van der Waals surface area contributed by atoms with Crippen molar-refractivity contribution in [2.45, 2.75) is 76.2 Å². The van der Waals surface area contributed by atoms with E-state index in [1.807, 2.05) is 6.07 Å². The first kappa shape index (κ1) is 27.1. The highest BCUT2D eigenvalue weighted by molar-refractivity contribution is 5.94. The number of aromatic nitrogens is 1. The number of alkyl halides is 3. The normalized spacial score (nSPS) is 22.7. The van der Waals surface area contributed by atoms with Gasteiger partial charge in [-0.05, 0) is 48.1 Å². The van der Waals surface area contributed by atoms with Crippen molar-refractivity contribution in [3.63, 3.8) is 0 Å². The molecule has 2 N–H and O–H groups in total. The number of nitrogens with one attached hydrogen (secondary N) is 1. The second-order valence-corrected chi connectivity index (χ2v) is 11.1. The molecule has 1 saturated heterocycles. The summed E-state index contributed by atoms with van der Waals surface area (Å²) >= 11 is 0. The molecule has 1 aliphatic carbocycles. The first-order chi connectivity index (χ1) is 18.0. The van der Waals surface area contributed by atoms with Gasteiger partial charge in [-0.15, -0.1) is 0 Å². The van der Waals surface area contributed by atoms with E-state index in [-0.39, 0.29) is 24.4 Å². The number of halogens is 3. The Hall–Kier alpha value is -2.53. The molecule has 2 fully saturated rings. The van der Waals surface area contributed by atoms with E-state index in [1.54, 1.807) is 6.20 Å². The number of carbonyl (C=O) groups is 1. The number of pyridine rings is 1. The third-order valence-electron chi connectivity index (χ3n) is 7.94. The monoisotopic (exact) mass is 533 g/mol. The lowest BCUT2D eigenvalue weighted by Crippen LogP contribution is -2.49. The lowest BCUT2D eigenvalue weighted by Gasteiger charge is -2.40. The molecule has 0 unspecified atom stereocenters. The standard InChI is InChI=1S/C28H34F3N3O4/c1-18(2)24-23-21(16-34(24)15-19-3-5-22(6-4-19)28(29,30)31)13-20(14-32-23)25(35)33-17-26(36)7-9-27(10-8-26)37-11-12-38-27/h3-6,13-14,18,24,36H,7-12,15-17H2,1-2H3,(H,33,35)/t24-/m0/s1. The third-order valence-corrected chi connectivity index (χ3v) is 7.94. The van der Waals surface area contributed by atoms with Crippen molar-refractivity contribution in [3.05, 3.63) is 64.5 Å². The van der Waals surface area contributed by atoms with Crippen LogP contribution < -0.4 is 5.32 Å². The Bertz CT molecular complexity index is 1150. The second-order valence-electron chi connectivity index (χ2n) is 11.1. The van der Waals surface area contributed by atoms with Crippen molar-refractivity contribution >= 4 is 5.91 Å². The molecule has 1 saturated carbocycles. The third kappa shape index (κ3) is 5.59. The largest absolute Gasteiger partial charge is 0.416 e. The molecule has 2 aliphatic heterocycles. The van der Waals surface area contributed by atoms with Crippen LogP contribution in [0.15, 0.2) is 36.5 Å². The van der Waals surface area contributed by atoms with Crippen molar-refractivity contribution < 1.29 is 32.5 Å². The molecule has 10 heteroatoms. The van der Waals surface area contributed by atoms with Crippen LogP contribution in [0.25, 0.3) is 0 Å². The maximum absolute atomic E-state index is 13.0. The molecule has 3 heterocycles. The summed E-state index contributed by atoms with van der Waals surface area (Å²) in [4.78, 5) is 19.8. The van der Waals surface area contributed by atoms with Gasteiger partial charge in [0, 0.05) is 38.7 Å². The fourth-order valence-electron chi connectivity index (χ4n) is 5.86. The molecule has 0 radical (unpaired) electrons. The van der Waals surface area contributed by atoms with Crippen molar-refractivity contribution in [3.8, 4) is 0 Å². The Morgan fingerprint density at radius 1 is 1.16 bits per heavy atom. The van der Waals surface area contributed by atoms with Gasteiger partial charge in [-0.25, -0.2) is 0 Å². The molecule has 2 aromatic rings. The molecule has 38 heavy (non-hydrogen) atoms. The number of hydrogen-bond donors (Lipinski definition) is 2. The minimum Gasteiger partial charge on any atom is -0.388 e. The van der Waals surface area contributed by atoms with Crippen LogP contribution in [0.2, 0.25) is 0 Å². The van der Waals surface area contributed by atoms with Gasteiger partial charge in [-0.2, -0.15) is 13.2 Å². The molecule has 1 aromatic carbocycles. The average Bonchev–Trinajstić information content (AvgIpc) is 3.48. The number of hydrogen-bond acceptors (Lipinski definition) is 6. The van der Waals surface area contributed by atoms with Gasteiger partial charge >= 0.3 is 6.18 Å². The topological polar surface area (TPSA) is 83.9 Å². The minimum absolute atomic E-state index is 0.0142. The van der Waals surface area contributed by atoms with Gasteiger partial charge < -0.3 is 19.9 Å². The Morgan fingerprint density at radius 3 is 2.42 bits per heavy atom. The van der Waals surface area contributed by atoms with E-state index in [9.17, 15) is 23.1 Å². The summed E-state index contributed by atoms with van der Waals surface area (Å²) in [5.41, 5.74) is 1.34. The lowest BCUT2D eigenvalue weighted by atomic mass is 9.81. The Labute approximate surface area is 220 Å². The van der Waals surface area contributed by atoms with Crippen LogP contribution in [0.4, 0.5) is 13.2 Å². The predicted octanol–water partition coefficient (Wildman–Crippen LogP) is 4.59. The van der Waals surface area contributed by atoms with Crippen LogP contribution in [0.3, 0.4) is 0 Å². The van der Waals surface area contributed by atoms with E-state index in [2.05, 4.69) is 29.0 Å². The van der Waals surface area contributed by atoms with Gasteiger partial charge in [0.05, 0.1) is 41.7 Å². The number of carbonyl (C=O) groups excluding carboxylic acids is 1. The van der Waals surface area contributed by atoms with Crippen molar-refractivity contribution in [2.75, 3.05) is 19.8 Å². The van der Waals surface area contributed by atoms with Gasteiger partial charge in [-0.1, -0.05) is 26.0 Å². The fourth-order valence-corrected chi connectivity index (χ4v) is 5.86. The van der Waals surface area contributed by atoms with E-state index in [4.69, 9.17) is 9.47 Å². The van der Waals surface area contributed by atoms with E-state index in [0.29, 0.717) is 57.6 Å². The molecule has 7 nitrogen and oxygen atoms in total. The number of nitrogens with zero attached hydrogens (tertiary/aromatic N) is 2. The molecule has 1 amide bonds. The molecule has 1 atom stereocenters. The first-order valence-electron chi connectivity index (χ1n) is 13.1. The number of aliphatic hydroxyl groups is 1. The van der Waals surface area contributed by atoms with Crippen LogP contribution in [-0.4, -0.2) is 52.0 Å². The Kier molecular flexibility index (Phi) is 7.28. The lowest BCUT2D eigenvalue weighted by molar-refractivity contribution is -0.201. The van der Waals surface area contributed by atoms with E-state index in [0.717, 1.165) is 29.0 Å². The van der Waals surface area contributed by atoms with Gasteiger partial charge in [0.25, 0.3) is 5.91 Å². The Balaban J connectivity index is 1.23. The van der Waals surface area contributed by atoms with Gasteiger partial charge in [0.2, 0.25) is 0 Å². The predicted molar refractivity (Wildman–Crippen MR) is 133 cm³/mol. The molecule has 1 spiro atoms. The molecule has 206 valence electrons. The summed E-state index contributed by atoms with van der Waals surface area (Å²) in [6.45, 7) is 6.45. The Morgan fingerprint density at radius 2 is 1.82 bits per heavy atom. The maximum atomic E-state index is 13.0. The highest BCUT2D eigenvalue weighted by atomic mass is 19.4. The maximum Gasteiger partial charge on any atom is 0.416 e. The van der Waals surface area contributed by atoms with E-state index < -0.39 is 23.1 Å². The summed E-state index contributed by atoms with van der Waals surface area (Å²) in [5.74, 6) is -0.668. The first-order valence-corrected chi connectivity index (χ1v) is 13.1. The van der Waals surface area contributed by atoms with Crippen molar-refractivity contribution in [2.24, 2.45) is 5.92 Å². The molecule has 1 aromatic heterocycles. The van der Waals surface area contributed by atoms with Crippen LogP contribution in [-0.2, 0) is 28.7 Å². The summed E-state index contributed by atoms with van der Waals surface area (Å²) in [6.07, 6.45) is -0.672. The number of ether oxygens (including phenoxy) is 2. The summed E-state index contributed by atoms with van der Waals surface area (Å²) in [6, 6.07) is 7.06. The number of fused-ring (bicyclic) bond motifs is 1. The highest BCUT2D eigenvalue weighted by Crippen LogP contribution is 2.41. The molecular weight excluding hydrogens is 499 g/mol. The van der Waals surface area contributed by atoms with Crippen LogP contribution >= 0.6 is 0 Å². The molecule has 5 rings (SSSR count). The molecule has 0 bridgehead atoms. The minimum atomic E-state index is -4.36. The zero-order valence-electron chi connectivity index (χ0n) is 21.7. The molecule has 3 aliphatic rings. The van der Waals surface area contributed by atoms with Gasteiger partial charge in [-0.3, -0.25) is 14.7 Å². The van der Waals surface area contributed by atoms with Crippen LogP contribution in [0, 0.1) is 5.92 Å². The number of rotatable bonds is 6. The molecular formula is C28H34F3N3O4. The quantitative estimate of drug-likeness (QED) is 0.565. The fraction of sp³-hybridized carbons (Fsp3) is 0.571.